The number of rotatable bonds is 3. The molecule has 0 fully saturated rings. The molecule has 0 aliphatic rings. The van der Waals surface area contributed by atoms with Crippen LogP contribution in [0.15, 0.2) is 39.9 Å². The van der Waals surface area contributed by atoms with Gasteiger partial charge in [0.2, 0.25) is 0 Å². The lowest BCUT2D eigenvalue weighted by molar-refractivity contribution is 0.0962. The van der Waals surface area contributed by atoms with Crippen molar-refractivity contribution < 1.29 is 4.79 Å². The summed E-state index contributed by atoms with van der Waals surface area (Å²) in [6.07, 6.45) is 1.19. The minimum absolute atomic E-state index is 0.0872. The molecular weight excluding hydrogens is 314 g/mol. The molecule has 2 rings (SSSR count). The van der Waals surface area contributed by atoms with Gasteiger partial charge in [-0.25, -0.2) is 4.98 Å². The van der Waals surface area contributed by atoms with Gasteiger partial charge in [-0.05, 0) is 28.1 Å². The molecule has 0 atom stereocenters. The Morgan fingerprint density at radius 1 is 1.37 bits per heavy atom. The van der Waals surface area contributed by atoms with Crippen LogP contribution in [0.4, 0.5) is 11.5 Å². The van der Waals surface area contributed by atoms with E-state index in [9.17, 15) is 9.59 Å². The van der Waals surface area contributed by atoms with Gasteiger partial charge in [-0.15, -0.1) is 0 Å². The number of carbonyl (C=O) groups is 1. The van der Waals surface area contributed by atoms with Gasteiger partial charge in [0.05, 0.1) is 11.9 Å². The summed E-state index contributed by atoms with van der Waals surface area (Å²) in [4.78, 5) is 29.2. The van der Waals surface area contributed by atoms with Crippen molar-refractivity contribution >= 4 is 33.3 Å². The van der Waals surface area contributed by atoms with E-state index in [4.69, 9.17) is 5.73 Å². The fraction of sp³-hybridized carbons (Fsp3) is 0. The van der Waals surface area contributed by atoms with E-state index in [0.29, 0.717) is 10.0 Å². The number of H-pyrrole nitrogens is 1. The van der Waals surface area contributed by atoms with Gasteiger partial charge in [0.15, 0.2) is 5.82 Å². The Bertz CT molecular complexity index is 670. The number of aromatic amines is 1. The summed E-state index contributed by atoms with van der Waals surface area (Å²) >= 11 is 3.27. The van der Waals surface area contributed by atoms with Crippen LogP contribution in [0.2, 0.25) is 0 Å². The number of hydrogen-bond donors (Lipinski definition) is 4. The molecule has 0 saturated carbocycles. The van der Waals surface area contributed by atoms with Crippen LogP contribution in [-0.4, -0.2) is 15.9 Å². The first kappa shape index (κ1) is 13.1. The van der Waals surface area contributed by atoms with Crippen LogP contribution in [0.25, 0.3) is 0 Å². The van der Waals surface area contributed by atoms with Gasteiger partial charge < -0.3 is 10.7 Å². The van der Waals surface area contributed by atoms with E-state index in [1.807, 2.05) is 0 Å². The fourth-order valence-corrected chi connectivity index (χ4v) is 1.80. The highest BCUT2D eigenvalue weighted by Gasteiger charge is 2.10. The molecule has 1 aromatic carbocycles. The number of hydrogen-bond acceptors (Lipinski definition) is 5. The van der Waals surface area contributed by atoms with Gasteiger partial charge in [0.25, 0.3) is 11.5 Å². The van der Waals surface area contributed by atoms with E-state index in [2.05, 4.69) is 36.7 Å². The van der Waals surface area contributed by atoms with Crippen molar-refractivity contribution in [2.24, 2.45) is 0 Å². The number of nitrogens with one attached hydrogen (secondary N) is 3. The van der Waals surface area contributed by atoms with Gasteiger partial charge in [0.1, 0.15) is 5.69 Å². The molecule has 98 valence electrons. The third kappa shape index (κ3) is 2.91. The van der Waals surface area contributed by atoms with Gasteiger partial charge >= 0.3 is 0 Å². The molecule has 0 saturated heterocycles. The van der Waals surface area contributed by atoms with Crippen molar-refractivity contribution in [1.82, 2.24) is 15.4 Å². The van der Waals surface area contributed by atoms with Crippen molar-refractivity contribution in [2.45, 2.75) is 0 Å². The average Bonchev–Trinajstić information content (AvgIpc) is 2.40. The molecular formula is C11H10BrN5O2. The van der Waals surface area contributed by atoms with E-state index >= 15 is 0 Å². The normalized spacial score (nSPS) is 9.95. The van der Waals surface area contributed by atoms with Crippen LogP contribution in [0.5, 0.6) is 0 Å². The van der Waals surface area contributed by atoms with Gasteiger partial charge in [-0.3, -0.25) is 20.4 Å². The molecule has 1 heterocycles. The molecule has 0 unspecified atom stereocenters. The van der Waals surface area contributed by atoms with E-state index in [1.54, 1.807) is 24.3 Å². The monoisotopic (exact) mass is 323 g/mol. The summed E-state index contributed by atoms with van der Waals surface area (Å²) in [5, 5.41) is 0. The van der Waals surface area contributed by atoms with Gasteiger partial charge in [-0.2, -0.15) is 0 Å². The minimum Gasteiger partial charge on any atom is -0.391 e. The molecule has 2 aromatic rings. The number of anilines is 2. The highest BCUT2D eigenvalue weighted by Crippen LogP contribution is 2.15. The molecule has 0 radical (unpaired) electrons. The molecule has 0 aliphatic heterocycles. The number of nitrogen functional groups attached to an aromatic ring is 1. The van der Waals surface area contributed by atoms with Crippen molar-refractivity contribution in [2.75, 3.05) is 11.2 Å². The summed E-state index contributed by atoms with van der Waals surface area (Å²) in [6.45, 7) is 0. The zero-order chi connectivity index (χ0) is 13.8. The smallest absolute Gasteiger partial charge is 0.276 e. The summed E-state index contributed by atoms with van der Waals surface area (Å²) in [6, 6.07) is 6.93. The second kappa shape index (κ2) is 5.53. The Labute approximate surface area is 116 Å². The Balaban J connectivity index is 2.11. The van der Waals surface area contributed by atoms with Crippen LogP contribution >= 0.6 is 15.9 Å². The van der Waals surface area contributed by atoms with Crippen LogP contribution in [0.3, 0.4) is 0 Å². The molecule has 0 bridgehead atoms. The van der Waals surface area contributed by atoms with Crippen molar-refractivity contribution in [3.63, 3.8) is 0 Å². The number of amides is 1. The number of benzene rings is 1. The second-order valence-corrected chi connectivity index (χ2v) is 4.41. The zero-order valence-electron chi connectivity index (χ0n) is 9.61. The molecule has 8 heteroatoms. The highest BCUT2D eigenvalue weighted by atomic mass is 79.9. The van der Waals surface area contributed by atoms with Crippen LogP contribution in [0, 0.1) is 0 Å². The first-order chi connectivity index (χ1) is 9.09. The second-order valence-electron chi connectivity index (χ2n) is 3.55. The Morgan fingerprint density at radius 3 is 2.84 bits per heavy atom. The predicted octanol–water partition coefficient (Wildman–Crippen LogP) is 0.871. The minimum atomic E-state index is -0.479. The maximum Gasteiger partial charge on any atom is 0.276 e. The first-order valence-corrected chi connectivity index (χ1v) is 6.03. The number of nitrogens with two attached hydrogens (primary N) is 1. The average molecular weight is 324 g/mol. The van der Waals surface area contributed by atoms with E-state index in [-0.39, 0.29) is 17.4 Å². The largest absolute Gasteiger partial charge is 0.391 e. The maximum atomic E-state index is 11.9. The SMILES string of the molecule is Nc1c(NNC(=O)c2ccccc2Br)nc[nH]c1=O. The van der Waals surface area contributed by atoms with E-state index < -0.39 is 5.56 Å². The number of carbonyl (C=O) groups excluding carboxylic acids is 1. The van der Waals surface area contributed by atoms with Crippen molar-refractivity contribution in [1.29, 1.82) is 0 Å². The molecule has 0 spiro atoms. The molecule has 0 aliphatic carbocycles. The lowest BCUT2D eigenvalue weighted by Crippen LogP contribution is -2.31. The number of nitrogens with zero attached hydrogens (tertiary/aromatic N) is 1. The van der Waals surface area contributed by atoms with E-state index in [1.165, 1.54) is 6.33 Å². The molecule has 5 N–H and O–H groups in total. The standard InChI is InChI=1S/C11H10BrN5O2/c12-7-4-2-1-3-6(7)10(18)17-16-9-8(13)11(19)15-5-14-9/h1-5H,13H2,(H,17,18)(H2,14,15,16,19). The third-order valence-electron chi connectivity index (χ3n) is 2.30. The van der Waals surface area contributed by atoms with Crippen LogP contribution in [0.1, 0.15) is 10.4 Å². The Hall–Kier alpha value is -2.35. The van der Waals surface area contributed by atoms with Crippen LogP contribution in [-0.2, 0) is 0 Å². The van der Waals surface area contributed by atoms with E-state index in [0.717, 1.165) is 0 Å². The summed E-state index contributed by atoms with van der Waals surface area (Å²) in [7, 11) is 0. The van der Waals surface area contributed by atoms with Crippen molar-refractivity contribution in [3.05, 3.63) is 51.0 Å². The molecule has 1 aromatic heterocycles. The topological polar surface area (TPSA) is 113 Å². The Morgan fingerprint density at radius 2 is 2.11 bits per heavy atom. The molecule has 7 nitrogen and oxygen atoms in total. The molecule has 19 heavy (non-hydrogen) atoms. The van der Waals surface area contributed by atoms with Crippen LogP contribution < -0.4 is 22.1 Å². The maximum absolute atomic E-state index is 11.9. The summed E-state index contributed by atoms with van der Waals surface area (Å²) < 4.78 is 0.654. The van der Waals surface area contributed by atoms with Gasteiger partial charge in [0, 0.05) is 4.47 Å². The quantitative estimate of drug-likeness (QED) is 0.626. The number of hydrazine groups is 1. The first-order valence-electron chi connectivity index (χ1n) is 5.23. The third-order valence-corrected chi connectivity index (χ3v) is 2.99. The molecule has 1 amide bonds. The summed E-state index contributed by atoms with van der Waals surface area (Å²) in [5.41, 5.74) is 10.3. The zero-order valence-corrected chi connectivity index (χ0v) is 11.2. The highest BCUT2D eigenvalue weighted by molar-refractivity contribution is 9.10. The lowest BCUT2D eigenvalue weighted by Gasteiger charge is -2.09. The predicted molar refractivity (Wildman–Crippen MR) is 74.5 cm³/mol. The number of halogens is 1. The Kier molecular flexibility index (Phi) is 3.81. The van der Waals surface area contributed by atoms with Gasteiger partial charge in [-0.1, -0.05) is 12.1 Å². The number of aromatic nitrogens is 2. The fourth-order valence-electron chi connectivity index (χ4n) is 1.34. The van der Waals surface area contributed by atoms with Crippen molar-refractivity contribution in [3.8, 4) is 0 Å². The summed E-state index contributed by atoms with van der Waals surface area (Å²) in [5.74, 6) is -0.293. The lowest BCUT2D eigenvalue weighted by atomic mass is 10.2.